The van der Waals surface area contributed by atoms with E-state index in [4.69, 9.17) is 4.74 Å². The summed E-state index contributed by atoms with van der Waals surface area (Å²) in [6.45, 7) is 4.90. The minimum atomic E-state index is -4.52. The van der Waals surface area contributed by atoms with Crippen molar-refractivity contribution in [1.29, 1.82) is 0 Å². The molecular formula is C20H23F3N2O3S. The molecule has 0 aliphatic carbocycles. The van der Waals surface area contributed by atoms with E-state index in [0.717, 1.165) is 35.4 Å². The van der Waals surface area contributed by atoms with Crippen molar-refractivity contribution >= 4 is 10.0 Å². The Morgan fingerprint density at radius 2 is 1.62 bits per heavy atom. The predicted octanol–water partition coefficient (Wildman–Crippen LogP) is 3.37. The van der Waals surface area contributed by atoms with Crippen molar-refractivity contribution < 1.29 is 26.3 Å². The minimum Gasteiger partial charge on any atom is -0.379 e. The number of halogens is 3. The number of alkyl halides is 3. The maximum absolute atomic E-state index is 12.8. The normalized spacial score (nSPS) is 17.2. The van der Waals surface area contributed by atoms with Gasteiger partial charge in [-0.1, -0.05) is 29.8 Å². The monoisotopic (exact) mass is 428 g/mol. The molecule has 1 aliphatic rings. The molecule has 1 N–H and O–H groups in total. The lowest BCUT2D eigenvalue weighted by Crippen LogP contribution is -2.43. The van der Waals surface area contributed by atoms with Crippen LogP contribution in [0.15, 0.2) is 53.4 Å². The summed E-state index contributed by atoms with van der Waals surface area (Å²) >= 11 is 0. The molecular weight excluding hydrogens is 405 g/mol. The maximum atomic E-state index is 12.8. The third kappa shape index (κ3) is 5.79. The number of hydrogen-bond donors (Lipinski definition) is 1. The Balaban J connectivity index is 1.84. The first-order valence-electron chi connectivity index (χ1n) is 9.21. The number of ether oxygens (including phenoxy) is 1. The molecule has 2 aromatic rings. The fourth-order valence-electron chi connectivity index (χ4n) is 3.13. The fraction of sp³-hybridized carbons (Fsp3) is 0.400. The van der Waals surface area contributed by atoms with E-state index in [-0.39, 0.29) is 4.90 Å². The molecule has 0 amide bonds. The number of sulfonamides is 1. The molecule has 9 heteroatoms. The van der Waals surface area contributed by atoms with Gasteiger partial charge in [-0.05, 0) is 36.8 Å². The first kappa shape index (κ1) is 21.8. The number of morpholine rings is 1. The number of rotatable bonds is 6. The van der Waals surface area contributed by atoms with Gasteiger partial charge in [-0.25, -0.2) is 13.1 Å². The van der Waals surface area contributed by atoms with Crippen LogP contribution < -0.4 is 4.72 Å². The van der Waals surface area contributed by atoms with Crippen LogP contribution in [0.25, 0.3) is 0 Å². The summed E-state index contributed by atoms with van der Waals surface area (Å²) in [5.41, 5.74) is 0.946. The van der Waals surface area contributed by atoms with Crippen LogP contribution in [0.3, 0.4) is 0 Å². The van der Waals surface area contributed by atoms with Gasteiger partial charge in [0.15, 0.2) is 0 Å². The molecule has 29 heavy (non-hydrogen) atoms. The highest BCUT2D eigenvalue weighted by Gasteiger charge is 2.31. The molecule has 0 bridgehead atoms. The van der Waals surface area contributed by atoms with E-state index in [0.29, 0.717) is 32.8 Å². The topological polar surface area (TPSA) is 58.6 Å². The molecule has 1 atom stereocenters. The van der Waals surface area contributed by atoms with E-state index in [1.165, 1.54) is 0 Å². The van der Waals surface area contributed by atoms with Gasteiger partial charge in [0.05, 0.1) is 29.7 Å². The third-order valence-corrected chi connectivity index (χ3v) is 6.30. The van der Waals surface area contributed by atoms with Crippen LogP contribution in [0, 0.1) is 6.92 Å². The molecule has 158 valence electrons. The van der Waals surface area contributed by atoms with Crippen LogP contribution in [0.2, 0.25) is 0 Å². The Hall–Kier alpha value is -1.94. The first-order chi connectivity index (χ1) is 13.6. The van der Waals surface area contributed by atoms with E-state index in [1.54, 1.807) is 0 Å². The van der Waals surface area contributed by atoms with Crippen LogP contribution in [0.4, 0.5) is 13.2 Å². The van der Waals surface area contributed by atoms with Gasteiger partial charge in [0.1, 0.15) is 0 Å². The van der Waals surface area contributed by atoms with Gasteiger partial charge in [0.2, 0.25) is 10.0 Å². The Kier molecular flexibility index (Phi) is 6.62. The molecule has 1 heterocycles. The second-order valence-corrected chi connectivity index (χ2v) is 8.73. The van der Waals surface area contributed by atoms with Crippen LogP contribution in [0.1, 0.15) is 22.7 Å². The zero-order chi connectivity index (χ0) is 21.1. The van der Waals surface area contributed by atoms with Crippen LogP contribution in [0.5, 0.6) is 0 Å². The standard InChI is InChI=1S/C20H23F3N2O3S/c1-15-2-4-16(5-3-15)19(14-25-10-12-28-13-11-25)24-29(26,27)18-8-6-17(7-9-18)20(21,22)23/h2-9,19,24H,10-14H2,1H3/t19-/m1/s1. The van der Waals surface area contributed by atoms with Gasteiger partial charge in [0, 0.05) is 19.6 Å². The van der Waals surface area contributed by atoms with Gasteiger partial charge in [-0.2, -0.15) is 13.2 Å². The summed E-state index contributed by atoms with van der Waals surface area (Å²) < 4.78 is 72.0. The average Bonchev–Trinajstić information content (AvgIpc) is 2.68. The molecule has 5 nitrogen and oxygen atoms in total. The lowest BCUT2D eigenvalue weighted by molar-refractivity contribution is -0.137. The number of nitrogens with zero attached hydrogens (tertiary/aromatic N) is 1. The Labute approximate surface area is 168 Å². The molecule has 0 spiro atoms. The smallest absolute Gasteiger partial charge is 0.379 e. The Morgan fingerprint density at radius 1 is 1.03 bits per heavy atom. The lowest BCUT2D eigenvalue weighted by atomic mass is 10.1. The number of benzene rings is 2. The zero-order valence-electron chi connectivity index (χ0n) is 15.9. The quantitative estimate of drug-likeness (QED) is 0.767. The summed E-state index contributed by atoms with van der Waals surface area (Å²) in [5, 5.41) is 0. The molecule has 2 aromatic carbocycles. The summed E-state index contributed by atoms with van der Waals surface area (Å²) in [6, 6.07) is 10.5. The van der Waals surface area contributed by atoms with Gasteiger partial charge in [-0.15, -0.1) is 0 Å². The molecule has 0 radical (unpaired) electrons. The highest BCUT2D eigenvalue weighted by Crippen LogP contribution is 2.30. The summed E-state index contributed by atoms with van der Waals surface area (Å²) in [5.74, 6) is 0. The highest BCUT2D eigenvalue weighted by atomic mass is 32.2. The molecule has 3 rings (SSSR count). The number of nitrogens with one attached hydrogen (secondary N) is 1. The van der Waals surface area contributed by atoms with Crippen molar-refractivity contribution in [2.45, 2.75) is 24.0 Å². The zero-order valence-corrected chi connectivity index (χ0v) is 16.8. The summed E-state index contributed by atoms with van der Waals surface area (Å²) in [4.78, 5) is 1.90. The van der Waals surface area contributed by atoms with Gasteiger partial charge >= 0.3 is 6.18 Å². The molecule has 1 aliphatic heterocycles. The second-order valence-electron chi connectivity index (χ2n) is 7.02. The molecule has 1 fully saturated rings. The molecule has 0 aromatic heterocycles. The number of hydrogen-bond acceptors (Lipinski definition) is 4. The fourth-order valence-corrected chi connectivity index (χ4v) is 4.35. The SMILES string of the molecule is Cc1ccc([C@@H](CN2CCOCC2)NS(=O)(=O)c2ccc(C(F)(F)F)cc2)cc1. The van der Waals surface area contributed by atoms with Crippen molar-refractivity contribution in [3.63, 3.8) is 0 Å². The van der Waals surface area contributed by atoms with Crippen molar-refractivity contribution in [2.75, 3.05) is 32.8 Å². The van der Waals surface area contributed by atoms with Crippen molar-refractivity contribution in [3.05, 3.63) is 65.2 Å². The second kappa shape index (κ2) is 8.83. The minimum absolute atomic E-state index is 0.204. The Bertz CT molecular complexity index is 907. The van der Waals surface area contributed by atoms with Crippen LogP contribution in [-0.2, 0) is 20.9 Å². The average molecular weight is 428 g/mol. The van der Waals surface area contributed by atoms with Gasteiger partial charge in [-0.3, -0.25) is 4.90 Å². The first-order valence-corrected chi connectivity index (χ1v) is 10.7. The van der Waals surface area contributed by atoms with E-state index < -0.39 is 27.8 Å². The summed E-state index contributed by atoms with van der Waals surface area (Å²) in [6.07, 6.45) is -4.52. The van der Waals surface area contributed by atoms with Crippen molar-refractivity contribution in [1.82, 2.24) is 9.62 Å². The van der Waals surface area contributed by atoms with Crippen LogP contribution in [-0.4, -0.2) is 46.2 Å². The molecule has 1 saturated heterocycles. The highest BCUT2D eigenvalue weighted by molar-refractivity contribution is 7.89. The number of aryl methyl sites for hydroxylation is 1. The van der Waals surface area contributed by atoms with Crippen molar-refractivity contribution in [3.8, 4) is 0 Å². The van der Waals surface area contributed by atoms with E-state index in [1.807, 2.05) is 31.2 Å². The van der Waals surface area contributed by atoms with Crippen LogP contribution >= 0.6 is 0 Å². The molecule has 0 unspecified atom stereocenters. The predicted molar refractivity (Wildman–Crippen MR) is 103 cm³/mol. The van der Waals surface area contributed by atoms with Crippen molar-refractivity contribution in [2.24, 2.45) is 0 Å². The Morgan fingerprint density at radius 3 is 2.17 bits per heavy atom. The van der Waals surface area contributed by atoms with E-state index >= 15 is 0 Å². The maximum Gasteiger partial charge on any atom is 0.416 e. The summed E-state index contributed by atoms with van der Waals surface area (Å²) in [7, 11) is -4.01. The van der Waals surface area contributed by atoms with Gasteiger partial charge < -0.3 is 4.74 Å². The van der Waals surface area contributed by atoms with E-state index in [2.05, 4.69) is 9.62 Å². The van der Waals surface area contributed by atoms with E-state index in [9.17, 15) is 21.6 Å². The lowest BCUT2D eigenvalue weighted by Gasteiger charge is -2.31. The largest absolute Gasteiger partial charge is 0.416 e. The third-order valence-electron chi connectivity index (χ3n) is 4.81. The van der Waals surface area contributed by atoms with Gasteiger partial charge in [0.25, 0.3) is 0 Å². The molecule has 0 saturated carbocycles.